The summed E-state index contributed by atoms with van der Waals surface area (Å²) in [6.07, 6.45) is -4.73. The zero-order chi connectivity index (χ0) is 18.0. The summed E-state index contributed by atoms with van der Waals surface area (Å²) in [5.74, 6) is 0.109. The monoisotopic (exact) mass is 347 g/mol. The van der Waals surface area contributed by atoms with Crippen LogP contribution in [0.4, 0.5) is 18.0 Å². The van der Waals surface area contributed by atoms with E-state index in [-0.39, 0.29) is 11.9 Å². The Morgan fingerprint density at radius 2 is 1.71 bits per heavy atom. The van der Waals surface area contributed by atoms with Crippen LogP contribution in [-0.2, 0) is 4.74 Å². The number of halogens is 3. The third kappa shape index (κ3) is 5.82. The molecule has 24 heavy (non-hydrogen) atoms. The summed E-state index contributed by atoms with van der Waals surface area (Å²) >= 11 is 0. The quantitative estimate of drug-likeness (QED) is 0.830. The van der Waals surface area contributed by atoms with Crippen LogP contribution in [0.25, 0.3) is 0 Å². The van der Waals surface area contributed by atoms with E-state index in [1.807, 2.05) is 0 Å². The summed E-state index contributed by atoms with van der Waals surface area (Å²) in [6, 6.07) is 5.17. The van der Waals surface area contributed by atoms with Crippen molar-refractivity contribution in [2.45, 2.75) is 45.3 Å². The zero-order valence-corrected chi connectivity index (χ0v) is 13.7. The molecule has 1 atom stereocenters. The van der Waals surface area contributed by atoms with Gasteiger partial charge in [0.25, 0.3) is 0 Å². The summed E-state index contributed by atoms with van der Waals surface area (Å²) in [5, 5.41) is 0. The Kier molecular flexibility index (Phi) is 5.15. The van der Waals surface area contributed by atoms with Crippen LogP contribution in [0.3, 0.4) is 0 Å². The number of carbonyl (C=O) groups is 1. The Morgan fingerprint density at radius 1 is 1.12 bits per heavy atom. The molecule has 0 aliphatic carbocycles. The SMILES string of the molecule is CC(C)(C)OC(=O)N1CC[C@H](Oc2ccc(OC(F)(F)F)cc2)C1. The number of ether oxygens (including phenoxy) is 3. The van der Waals surface area contributed by atoms with Crippen molar-refractivity contribution in [1.29, 1.82) is 0 Å². The molecule has 5 nitrogen and oxygen atoms in total. The first-order valence-corrected chi connectivity index (χ1v) is 7.52. The molecule has 2 rings (SSSR count). The Balaban J connectivity index is 1.86. The summed E-state index contributed by atoms with van der Waals surface area (Å²) in [4.78, 5) is 13.5. The van der Waals surface area contributed by atoms with E-state index >= 15 is 0 Å². The molecule has 0 aromatic heterocycles. The molecular weight excluding hydrogens is 327 g/mol. The largest absolute Gasteiger partial charge is 0.573 e. The van der Waals surface area contributed by atoms with E-state index in [2.05, 4.69) is 4.74 Å². The fraction of sp³-hybridized carbons (Fsp3) is 0.562. The number of likely N-dealkylation sites (tertiary alicyclic amines) is 1. The molecule has 8 heteroatoms. The smallest absolute Gasteiger partial charge is 0.489 e. The molecule has 1 aromatic rings. The third-order valence-electron chi connectivity index (χ3n) is 3.16. The van der Waals surface area contributed by atoms with Crippen molar-refractivity contribution in [1.82, 2.24) is 4.90 Å². The van der Waals surface area contributed by atoms with Gasteiger partial charge in [-0.2, -0.15) is 0 Å². The highest BCUT2D eigenvalue weighted by molar-refractivity contribution is 5.68. The average molecular weight is 347 g/mol. The van der Waals surface area contributed by atoms with Crippen molar-refractivity contribution < 1.29 is 32.2 Å². The molecule has 1 aromatic carbocycles. The summed E-state index contributed by atoms with van der Waals surface area (Å²) in [5.41, 5.74) is -0.565. The van der Waals surface area contributed by atoms with Gasteiger partial charge in [0.2, 0.25) is 0 Å². The molecule has 0 spiro atoms. The van der Waals surface area contributed by atoms with Crippen LogP contribution in [0.5, 0.6) is 11.5 Å². The number of hydrogen-bond acceptors (Lipinski definition) is 4. The van der Waals surface area contributed by atoms with E-state index in [0.29, 0.717) is 25.3 Å². The minimum atomic E-state index is -4.72. The minimum Gasteiger partial charge on any atom is -0.489 e. The maximum atomic E-state index is 12.1. The molecule has 0 unspecified atom stereocenters. The molecule has 1 amide bonds. The maximum absolute atomic E-state index is 12.1. The van der Waals surface area contributed by atoms with Crippen molar-refractivity contribution in [3.63, 3.8) is 0 Å². The van der Waals surface area contributed by atoms with Crippen molar-refractivity contribution in [3.05, 3.63) is 24.3 Å². The molecule has 0 radical (unpaired) electrons. The molecule has 1 aliphatic heterocycles. The highest BCUT2D eigenvalue weighted by Gasteiger charge is 2.32. The van der Waals surface area contributed by atoms with Gasteiger partial charge >= 0.3 is 12.5 Å². The predicted octanol–water partition coefficient (Wildman–Crippen LogP) is 3.97. The number of benzene rings is 1. The van der Waals surface area contributed by atoms with Crippen molar-refractivity contribution >= 4 is 6.09 Å². The van der Waals surface area contributed by atoms with Crippen LogP contribution in [0.1, 0.15) is 27.2 Å². The van der Waals surface area contributed by atoms with Gasteiger partial charge in [0.1, 0.15) is 23.2 Å². The summed E-state index contributed by atoms with van der Waals surface area (Å²) in [7, 11) is 0. The van der Waals surface area contributed by atoms with Crippen LogP contribution in [0.2, 0.25) is 0 Å². The number of nitrogens with zero attached hydrogens (tertiary/aromatic N) is 1. The Labute approximate surface area is 138 Å². The molecule has 134 valence electrons. The second-order valence-corrected chi connectivity index (χ2v) is 6.47. The fourth-order valence-corrected chi connectivity index (χ4v) is 2.23. The highest BCUT2D eigenvalue weighted by atomic mass is 19.4. The normalized spacial score (nSPS) is 18.4. The van der Waals surface area contributed by atoms with Gasteiger partial charge in [-0.15, -0.1) is 13.2 Å². The standard InChI is InChI=1S/C16H20F3NO4/c1-15(2,3)24-14(21)20-9-8-13(10-20)22-11-4-6-12(7-5-11)23-16(17,18)19/h4-7,13H,8-10H2,1-3H3/t13-/m0/s1. The van der Waals surface area contributed by atoms with Crippen molar-refractivity contribution in [2.75, 3.05) is 13.1 Å². The van der Waals surface area contributed by atoms with Crippen molar-refractivity contribution in [3.8, 4) is 11.5 Å². The van der Waals surface area contributed by atoms with Crippen LogP contribution >= 0.6 is 0 Å². The second-order valence-electron chi connectivity index (χ2n) is 6.47. The lowest BCUT2D eigenvalue weighted by Crippen LogP contribution is -2.36. The molecule has 1 aliphatic rings. The van der Waals surface area contributed by atoms with Crippen molar-refractivity contribution in [2.24, 2.45) is 0 Å². The predicted molar refractivity (Wildman–Crippen MR) is 80.0 cm³/mol. The fourth-order valence-electron chi connectivity index (χ4n) is 2.23. The van der Waals surface area contributed by atoms with Gasteiger partial charge in [0, 0.05) is 13.0 Å². The van der Waals surface area contributed by atoms with Gasteiger partial charge in [-0.1, -0.05) is 0 Å². The maximum Gasteiger partial charge on any atom is 0.573 e. The average Bonchev–Trinajstić information content (AvgIpc) is 2.86. The molecule has 0 bridgehead atoms. The molecular formula is C16H20F3NO4. The molecule has 1 heterocycles. The highest BCUT2D eigenvalue weighted by Crippen LogP contribution is 2.26. The van der Waals surface area contributed by atoms with E-state index in [0.717, 1.165) is 0 Å². The van der Waals surface area contributed by atoms with E-state index < -0.39 is 18.1 Å². The molecule has 0 N–H and O–H groups in total. The van der Waals surface area contributed by atoms with E-state index in [9.17, 15) is 18.0 Å². The Hall–Kier alpha value is -2.12. The first-order chi connectivity index (χ1) is 11.0. The van der Waals surface area contributed by atoms with Crippen LogP contribution in [-0.4, -0.2) is 42.2 Å². The van der Waals surface area contributed by atoms with Gasteiger partial charge in [-0.25, -0.2) is 4.79 Å². The zero-order valence-electron chi connectivity index (χ0n) is 13.7. The third-order valence-corrected chi connectivity index (χ3v) is 3.16. The van der Waals surface area contributed by atoms with E-state index in [1.165, 1.54) is 24.3 Å². The number of hydrogen-bond donors (Lipinski definition) is 0. The van der Waals surface area contributed by atoms with E-state index in [4.69, 9.17) is 9.47 Å². The number of alkyl halides is 3. The first kappa shape index (κ1) is 18.2. The number of amides is 1. The second kappa shape index (κ2) is 6.78. The van der Waals surface area contributed by atoms with Gasteiger partial charge in [0.15, 0.2) is 0 Å². The van der Waals surface area contributed by atoms with Gasteiger partial charge < -0.3 is 19.1 Å². The molecule has 0 saturated carbocycles. The number of rotatable bonds is 3. The van der Waals surface area contributed by atoms with Crippen LogP contribution in [0.15, 0.2) is 24.3 Å². The molecule has 1 saturated heterocycles. The minimum absolute atomic E-state index is 0.230. The topological polar surface area (TPSA) is 48.0 Å². The Morgan fingerprint density at radius 3 is 2.25 bits per heavy atom. The van der Waals surface area contributed by atoms with Gasteiger partial charge in [0.05, 0.1) is 6.54 Å². The summed E-state index contributed by atoms with van der Waals surface area (Å²) < 4.78 is 51.1. The summed E-state index contributed by atoms with van der Waals surface area (Å²) in [6.45, 7) is 6.25. The Bertz CT molecular complexity index is 566. The van der Waals surface area contributed by atoms with Gasteiger partial charge in [-0.3, -0.25) is 0 Å². The van der Waals surface area contributed by atoms with Crippen LogP contribution in [0, 0.1) is 0 Å². The first-order valence-electron chi connectivity index (χ1n) is 7.52. The lowest BCUT2D eigenvalue weighted by Gasteiger charge is -2.24. The lowest BCUT2D eigenvalue weighted by molar-refractivity contribution is -0.274. The number of carbonyl (C=O) groups excluding carboxylic acids is 1. The van der Waals surface area contributed by atoms with E-state index in [1.54, 1.807) is 25.7 Å². The van der Waals surface area contributed by atoms with Gasteiger partial charge in [-0.05, 0) is 45.0 Å². The molecule has 1 fully saturated rings. The lowest BCUT2D eigenvalue weighted by atomic mass is 10.2. The van der Waals surface area contributed by atoms with Crippen LogP contribution < -0.4 is 9.47 Å².